The van der Waals surface area contributed by atoms with Gasteiger partial charge in [-0.2, -0.15) is 0 Å². The van der Waals surface area contributed by atoms with Crippen molar-refractivity contribution in [2.75, 3.05) is 14.2 Å². The summed E-state index contributed by atoms with van der Waals surface area (Å²) < 4.78 is 11.1. The molecule has 1 fully saturated rings. The quantitative estimate of drug-likeness (QED) is 0.630. The minimum atomic E-state index is -0.919. The van der Waals surface area contributed by atoms with Crippen molar-refractivity contribution in [1.29, 1.82) is 0 Å². The van der Waals surface area contributed by atoms with Gasteiger partial charge in [-0.05, 0) is 31.3 Å². The maximum absolute atomic E-state index is 12.3. The van der Waals surface area contributed by atoms with E-state index < -0.39 is 11.6 Å². The Morgan fingerprint density at radius 2 is 2.29 bits per heavy atom. The molecule has 0 aliphatic carbocycles. The van der Waals surface area contributed by atoms with Gasteiger partial charge in [-0.3, -0.25) is 4.79 Å². The van der Waals surface area contributed by atoms with Crippen LogP contribution in [0.5, 0.6) is 5.75 Å². The van der Waals surface area contributed by atoms with E-state index in [4.69, 9.17) is 33.3 Å². The van der Waals surface area contributed by atoms with Gasteiger partial charge in [0.25, 0.3) is 0 Å². The molecule has 1 aromatic rings. The first-order valence-corrected chi connectivity index (χ1v) is 7.28. The Balaban J connectivity index is 2.22. The van der Waals surface area contributed by atoms with E-state index in [2.05, 4.69) is 5.32 Å². The van der Waals surface area contributed by atoms with E-state index in [1.807, 2.05) is 19.1 Å². The first-order chi connectivity index (χ1) is 9.90. The minimum Gasteiger partial charge on any atom is -0.469 e. The highest BCUT2D eigenvalue weighted by Crippen LogP contribution is 2.50. The highest BCUT2D eigenvalue weighted by Gasteiger charge is 2.58. The van der Waals surface area contributed by atoms with Gasteiger partial charge in [0.15, 0.2) is 10.8 Å². The number of nitrogens with one attached hydrogen (secondary N) is 1. The summed E-state index contributed by atoms with van der Waals surface area (Å²) in [4.78, 5) is 14.0. The van der Waals surface area contributed by atoms with Crippen LogP contribution in [0.25, 0.3) is 0 Å². The number of thiocarbonyl (C=S) groups is 1. The highest BCUT2D eigenvalue weighted by molar-refractivity contribution is 7.80. The molecule has 0 aromatic heterocycles. The van der Waals surface area contributed by atoms with Crippen molar-refractivity contribution in [1.82, 2.24) is 10.2 Å². The lowest BCUT2D eigenvalue weighted by atomic mass is 9.79. The summed E-state index contributed by atoms with van der Waals surface area (Å²) >= 11 is 11.6. The van der Waals surface area contributed by atoms with Gasteiger partial charge >= 0.3 is 5.97 Å². The summed E-state index contributed by atoms with van der Waals surface area (Å²) in [5.74, 6) is -0.293. The fourth-order valence-electron chi connectivity index (χ4n) is 3.02. The summed E-state index contributed by atoms with van der Waals surface area (Å²) in [7, 11) is 3.15. The lowest BCUT2D eigenvalue weighted by Gasteiger charge is -2.54. The minimum absolute atomic E-state index is 0.366. The van der Waals surface area contributed by atoms with Gasteiger partial charge < -0.3 is 19.7 Å². The molecule has 3 atom stereocenters. The number of hydrogen-bond donors (Lipinski definition) is 1. The molecule has 3 rings (SSSR count). The Bertz CT molecular complexity index is 639. The van der Waals surface area contributed by atoms with Gasteiger partial charge in [0.05, 0.1) is 13.2 Å². The SMILES string of the molecule is COC(=O)C1C2NC(=S)N(C)C1(C)Oc1cccc(Cl)c12. The van der Waals surface area contributed by atoms with Gasteiger partial charge in [0.1, 0.15) is 11.7 Å². The molecular formula is C14H15ClN2O3S. The van der Waals surface area contributed by atoms with Crippen LogP contribution in [0.15, 0.2) is 18.2 Å². The third-order valence-electron chi connectivity index (χ3n) is 4.26. The van der Waals surface area contributed by atoms with Crippen LogP contribution in [-0.4, -0.2) is 35.9 Å². The van der Waals surface area contributed by atoms with Gasteiger partial charge in [0.2, 0.25) is 0 Å². The largest absolute Gasteiger partial charge is 0.469 e. The number of halogens is 1. The third-order valence-corrected chi connectivity index (χ3v) is 4.98. The maximum Gasteiger partial charge on any atom is 0.317 e. The van der Waals surface area contributed by atoms with E-state index in [0.29, 0.717) is 15.9 Å². The number of nitrogens with zero attached hydrogens (tertiary/aromatic N) is 1. The zero-order valence-electron chi connectivity index (χ0n) is 11.8. The van der Waals surface area contributed by atoms with E-state index in [9.17, 15) is 4.79 Å². The zero-order chi connectivity index (χ0) is 15.4. The van der Waals surface area contributed by atoms with Gasteiger partial charge in [-0.15, -0.1) is 0 Å². The van der Waals surface area contributed by atoms with Crippen molar-refractivity contribution in [3.05, 3.63) is 28.8 Å². The second-order valence-electron chi connectivity index (χ2n) is 5.30. The molecular weight excluding hydrogens is 312 g/mol. The van der Waals surface area contributed by atoms with Gasteiger partial charge in [0, 0.05) is 17.6 Å². The molecule has 2 bridgehead atoms. The van der Waals surface area contributed by atoms with Gasteiger partial charge in [-0.25, -0.2) is 0 Å². The lowest BCUT2D eigenvalue weighted by molar-refractivity contribution is -0.170. The Hall–Kier alpha value is -1.53. The smallest absolute Gasteiger partial charge is 0.317 e. The van der Waals surface area contributed by atoms with Crippen LogP contribution in [-0.2, 0) is 9.53 Å². The van der Waals surface area contributed by atoms with Crippen molar-refractivity contribution in [3.8, 4) is 5.75 Å². The molecule has 5 nitrogen and oxygen atoms in total. The molecule has 1 aromatic carbocycles. The summed E-state index contributed by atoms with van der Waals surface area (Å²) in [5, 5.41) is 4.22. The second-order valence-corrected chi connectivity index (χ2v) is 6.09. The predicted molar refractivity (Wildman–Crippen MR) is 82.2 cm³/mol. The predicted octanol–water partition coefficient (Wildman–Crippen LogP) is 2.10. The Labute approximate surface area is 133 Å². The molecule has 1 saturated heterocycles. The highest BCUT2D eigenvalue weighted by atomic mass is 35.5. The van der Waals surface area contributed by atoms with E-state index in [0.717, 1.165) is 5.56 Å². The number of methoxy groups -OCH3 is 1. The fraction of sp³-hybridized carbons (Fsp3) is 0.429. The standard InChI is InChI=1S/C14H15ClN2O3S/c1-14-10(12(18)19-3)11(16-13(21)17(14)2)9-7(15)5-4-6-8(9)20-14/h4-6,10-11H,1-3H3,(H,16,21). The van der Waals surface area contributed by atoms with Crippen molar-refractivity contribution in [2.45, 2.75) is 18.7 Å². The molecule has 21 heavy (non-hydrogen) atoms. The molecule has 7 heteroatoms. The molecule has 2 aliphatic rings. The van der Waals surface area contributed by atoms with Crippen LogP contribution in [0, 0.1) is 5.92 Å². The summed E-state index contributed by atoms with van der Waals surface area (Å²) in [6.07, 6.45) is 0. The topological polar surface area (TPSA) is 50.8 Å². The number of carbonyl (C=O) groups is 1. The lowest BCUT2D eigenvalue weighted by Crippen LogP contribution is -2.70. The third kappa shape index (κ3) is 1.89. The number of esters is 1. The van der Waals surface area contributed by atoms with Crippen LogP contribution in [0.1, 0.15) is 18.5 Å². The Kier molecular flexibility index (Phi) is 3.26. The number of benzene rings is 1. The fourth-order valence-corrected chi connectivity index (χ4v) is 3.61. The normalized spacial score (nSPS) is 30.1. The molecule has 1 N–H and O–H groups in total. The van der Waals surface area contributed by atoms with Crippen LogP contribution >= 0.6 is 23.8 Å². The monoisotopic (exact) mass is 326 g/mol. The first-order valence-electron chi connectivity index (χ1n) is 6.49. The summed E-state index contributed by atoms with van der Waals surface area (Å²) in [5.41, 5.74) is -0.180. The molecule has 0 amide bonds. The molecule has 0 saturated carbocycles. The molecule has 0 spiro atoms. The number of rotatable bonds is 1. The van der Waals surface area contributed by atoms with Crippen molar-refractivity contribution < 1.29 is 14.3 Å². The number of carbonyl (C=O) groups excluding carboxylic acids is 1. The first kappa shape index (κ1) is 14.4. The number of fused-ring (bicyclic) bond motifs is 4. The molecule has 2 heterocycles. The zero-order valence-corrected chi connectivity index (χ0v) is 13.4. The Morgan fingerprint density at radius 3 is 2.95 bits per heavy atom. The van der Waals surface area contributed by atoms with E-state index in [-0.39, 0.29) is 12.0 Å². The molecule has 0 radical (unpaired) electrons. The van der Waals surface area contributed by atoms with Crippen LogP contribution in [0.4, 0.5) is 0 Å². The van der Waals surface area contributed by atoms with Crippen molar-refractivity contribution in [3.63, 3.8) is 0 Å². The van der Waals surface area contributed by atoms with Crippen LogP contribution in [0.3, 0.4) is 0 Å². The summed E-state index contributed by atoms with van der Waals surface area (Å²) in [6, 6.07) is 5.05. The maximum atomic E-state index is 12.3. The van der Waals surface area contributed by atoms with E-state index >= 15 is 0 Å². The summed E-state index contributed by atoms with van der Waals surface area (Å²) in [6.45, 7) is 1.83. The van der Waals surface area contributed by atoms with Crippen LogP contribution < -0.4 is 10.1 Å². The van der Waals surface area contributed by atoms with E-state index in [1.54, 1.807) is 18.0 Å². The average Bonchev–Trinajstić information content (AvgIpc) is 2.44. The Morgan fingerprint density at radius 1 is 1.57 bits per heavy atom. The average molecular weight is 327 g/mol. The van der Waals surface area contributed by atoms with Crippen molar-refractivity contribution >= 4 is 34.9 Å². The number of ether oxygens (including phenoxy) is 2. The van der Waals surface area contributed by atoms with Crippen molar-refractivity contribution in [2.24, 2.45) is 5.92 Å². The second kappa shape index (κ2) is 4.74. The van der Waals surface area contributed by atoms with Gasteiger partial charge in [-0.1, -0.05) is 17.7 Å². The number of hydrogen-bond acceptors (Lipinski definition) is 4. The molecule has 2 aliphatic heterocycles. The van der Waals surface area contributed by atoms with E-state index in [1.165, 1.54) is 7.11 Å². The molecule has 112 valence electrons. The molecule has 3 unspecified atom stereocenters. The van der Waals surface area contributed by atoms with Crippen LogP contribution in [0.2, 0.25) is 5.02 Å².